The Bertz CT molecular complexity index is 579. The van der Waals surface area contributed by atoms with Crippen LogP contribution in [0.3, 0.4) is 0 Å². The average molecular weight is 290 g/mol. The first-order valence-electron chi connectivity index (χ1n) is 7.11. The fourth-order valence-electron chi connectivity index (χ4n) is 2.79. The van der Waals surface area contributed by atoms with Crippen LogP contribution < -0.4 is 10.6 Å². The Kier molecular flexibility index (Phi) is 3.55. The zero-order valence-electron chi connectivity index (χ0n) is 11.6. The molecule has 0 spiro atoms. The number of rotatable bonds is 3. The Labute approximate surface area is 122 Å². The first kappa shape index (κ1) is 13.9. The molecule has 21 heavy (non-hydrogen) atoms. The second-order valence-electron chi connectivity index (χ2n) is 5.55. The van der Waals surface area contributed by atoms with E-state index in [9.17, 15) is 14.7 Å². The molecule has 3 N–H and O–H groups in total. The topological polar surface area (TPSA) is 87.7 Å². The largest absolute Gasteiger partial charge is 0.479 e. The minimum atomic E-state index is -1.30. The van der Waals surface area contributed by atoms with Crippen molar-refractivity contribution in [3.8, 4) is 0 Å². The van der Waals surface area contributed by atoms with Crippen molar-refractivity contribution in [2.45, 2.75) is 24.8 Å². The van der Waals surface area contributed by atoms with Gasteiger partial charge in [0.25, 0.3) is 5.91 Å². The number of fused-ring (bicyclic) bond motifs is 1. The minimum absolute atomic E-state index is 0.0145. The fourth-order valence-corrected chi connectivity index (χ4v) is 2.79. The predicted molar refractivity (Wildman–Crippen MR) is 76.5 cm³/mol. The highest BCUT2D eigenvalue weighted by atomic mass is 16.5. The van der Waals surface area contributed by atoms with Gasteiger partial charge in [-0.1, -0.05) is 0 Å². The Hall–Kier alpha value is -2.08. The number of hydrogen-bond acceptors (Lipinski definition) is 4. The molecule has 2 aliphatic heterocycles. The van der Waals surface area contributed by atoms with Gasteiger partial charge < -0.3 is 20.5 Å². The van der Waals surface area contributed by atoms with E-state index in [0.717, 1.165) is 30.6 Å². The first-order valence-corrected chi connectivity index (χ1v) is 7.11. The minimum Gasteiger partial charge on any atom is -0.479 e. The Morgan fingerprint density at radius 3 is 2.95 bits per heavy atom. The summed E-state index contributed by atoms with van der Waals surface area (Å²) in [7, 11) is 0. The normalized spacial score (nSPS) is 24.0. The lowest BCUT2D eigenvalue weighted by molar-refractivity contribution is -0.144. The van der Waals surface area contributed by atoms with Gasteiger partial charge in [0.15, 0.2) is 5.54 Å². The molecule has 0 bridgehead atoms. The molecule has 6 heteroatoms. The van der Waals surface area contributed by atoms with Crippen molar-refractivity contribution in [1.29, 1.82) is 0 Å². The number of ether oxygens (including phenoxy) is 1. The van der Waals surface area contributed by atoms with Crippen LogP contribution in [0.4, 0.5) is 5.69 Å². The number of nitrogens with one attached hydrogen (secondary N) is 2. The van der Waals surface area contributed by atoms with Crippen LogP contribution >= 0.6 is 0 Å². The number of benzene rings is 1. The van der Waals surface area contributed by atoms with Crippen molar-refractivity contribution in [2.24, 2.45) is 0 Å². The molecular weight excluding hydrogens is 272 g/mol. The second kappa shape index (κ2) is 5.37. The van der Waals surface area contributed by atoms with E-state index < -0.39 is 11.5 Å². The van der Waals surface area contributed by atoms with Crippen molar-refractivity contribution < 1.29 is 19.4 Å². The maximum Gasteiger partial charge on any atom is 0.331 e. The van der Waals surface area contributed by atoms with Crippen LogP contribution in [0.1, 0.15) is 28.8 Å². The molecule has 3 rings (SSSR count). The molecule has 1 fully saturated rings. The zero-order chi connectivity index (χ0) is 14.9. The average Bonchev–Trinajstić information content (AvgIpc) is 2.96. The third-order valence-electron chi connectivity index (χ3n) is 4.09. The van der Waals surface area contributed by atoms with Crippen molar-refractivity contribution in [2.75, 3.05) is 25.1 Å². The molecular formula is C15H18N2O4. The van der Waals surface area contributed by atoms with Crippen molar-refractivity contribution in [1.82, 2.24) is 5.32 Å². The summed E-state index contributed by atoms with van der Waals surface area (Å²) in [5.74, 6) is -1.41. The number of carbonyl (C=O) groups excluding carboxylic acids is 1. The molecule has 112 valence electrons. The summed E-state index contributed by atoms with van der Waals surface area (Å²) in [6.07, 6.45) is 2.25. The molecule has 0 aromatic heterocycles. The van der Waals surface area contributed by atoms with Crippen LogP contribution in [0.2, 0.25) is 0 Å². The van der Waals surface area contributed by atoms with Gasteiger partial charge in [-0.25, -0.2) is 4.79 Å². The molecule has 1 atom stereocenters. The maximum atomic E-state index is 12.3. The molecule has 0 radical (unpaired) electrons. The molecule has 6 nitrogen and oxygen atoms in total. The lowest BCUT2D eigenvalue weighted by Crippen LogP contribution is -2.55. The summed E-state index contributed by atoms with van der Waals surface area (Å²) < 4.78 is 5.14. The molecule has 2 heterocycles. The summed E-state index contributed by atoms with van der Waals surface area (Å²) in [6.45, 7) is 1.30. The third kappa shape index (κ3) is 2.58. The molecule has 0 aliphatic carbocycles. The van der Waals surface area contributed by atoms with Crippen LogP contribution in [0.5, 0.6) is 0 Å². The summed E-state index contributed by atoms with van der Waals surface area (Å²) in [4.78, 5) is 23.8. The molecule has 1 unspecified atom stereocenters. The highest BCUT2D eigenvalue weighted by Crippen LogP contribution is 2.24. The quantitative estimate of drug-likeness (QED) is 0.773. The van der Waals surface area contributed by atoms with Gasteiger partial charge in [-0.15, -0.1) is 0 Å². The van der Waals surface area contributed by atoms with Crippen LogP contribution in [0, 0.1) is 0 Å². The van der Waals surface area contributed by atoms with Gasteiger partial charge in [-0.05, 0) is 36.6 Å². The highest BCUT2D eigenvalue weighted by Gasteiger charge is 2.44. The SMILES string of the molecule is O=C(NC1(C(=O)O)CCOC1)c1ccc2c(c1)CCCN2. The van der Waals surface area contributed by atoms with Gasteiger partial charge in [0, 0.05) is 30.8 Å². The zero-order valence-corrected chi connectivity index (χ0v) is 11.6. The molecule has 2 aliphatic rings. The molecule has 1 amide bonds. The predicted octanol–water partition coefficient (Wildman–Crippen LogP) is 1.02. The highest BCUT2D eigenvalue weighted by molar-refractivity contribution is 5.98. The number of carbonyl (C=O) groups is 2. The number of hydrogen-bond donors (Lipinski definition) is 3. The Morgan fingerprint density at radius 2 is 2.24 bits per heavy atom. The Morgan fingerprint density at radius 1 is 1.38 bits per heavy atom. The van der Waals surface area contributed by atoms with Gasteiger partial charge >= 0.3 is 5.97 Å². The first-order chi connectivity index (χ1) is 10.1. The van der Waals surface area contributed by atoms with Gasteiger partial charge in [-0.2, -0.15) is 0 Å². The van der Waals surface area contributed by atoms with Gasteiger partial charge in [0.05, 0.1) is 6.61 Å². The van der Waals surface area contributed by atoms with E-state index in [1.54, 1.807) is 6.07 Å². The third-order valence-corrected chi connectivity index (χ3v) is 4.09. The van der Waals surface area contributed by atoms with E-state index in [2.05, 4.69) is 10.6 Å². The van der Waals surface area contributed by atoms with E-state index in [1.165, 1.54) is 0 Å². The van der Waals surface area contributed by atoms with Crippen molar-refractivity contribution >= 4 is 17.6 Å². The van der Waals surface area contributed by atoms with Gasteiger partial charge in [0.1, 0.15) is 0 Å². The van der Waals surface area contributed by atoms with E-state index in [-0.39, 0.29) is 12.5 Å². The van der Waals surface area contributed by atoms with E-state index >= 15 is 0 Å². The number of aryl methyl sites for hydroxylation is 1. The number of amides is 1. The smallest absolute Gasteiger partial charge is 0.331 e. The standard InChI is InChI=1S/C15H18N2O4/c18-13(17-15(14(19)20)5-7-21-9-15)11-3-4-12-10(8-11)2-1-6-16-12/h3-4,8,16H,1-2,5-7,9H2,(H,17,18)(H,19,20). The number of carboxylic acid groups (broad SMARTS) is 1. The second-order valence-corrected chi connectivity index (χ2v) is 5.55. The lowest BCUT2D eigenvalue weighted by Gasteiger charge is -2.24. The van der Waals surface area contributed by atoms with Crippen LogP contribution in [-0.2, 0) is 16.0 Å². The van der Waals surface area contributed by atoms with E-state index in [0.29, 0.717) is 18.6 Å². The van der Waals surface area contributed by atoms with Crippen LogP contribution in [0.25, 0.3) is 0 Å². The number of carboxylic acids is 1. The van der Waals surface area contributed by atoms with Gasteiger partial charge in [-0.3, -0.25) is 4.79 Å². The molecule has 0 saturated carbocycles. The molecule has 1 saturated heterocycles. The fraction of sp³-hybridized carbons (Fsp3) is 0.467. The van der Waals surface area contributed by atoms with Gasteiger partial charge in [0.2, 0.25) is 0 Å². The van der Waals surface area contributed by atoms with Crippen molar-refractivity contribution in [3.63, 3.8) is 0 Å². The molecule has 1 aromatic rings. The van der Waals surface area contributed by atoms with Crippen molar-refractivity contribution in [3.05, 3.63) is 29.3 Å². The number of aliphatic carboxylic acids is 1. The Balaban J connectivity index is 1.80. The van der Waals surface area contributed by atoms with E-state index in [1.807, 2.05) is 12.1 Å². The van der Waals surface area contributed by atoms with E-state index in [4.69, 9.17) is 4.74 Å². The number of anilines is 1. The van der Waals surface area contributed by atoms with Crippen LogP contribution in [-0.4, -0.2) is 42.3 Å². The lowest BCUT2D eigenvalue weighted by atomic mass is 9.97. The maximum absolute atomic E-state index is 12.3. The van der Waals surface area contributed by atoms with Crippen LogP contribution in [0.15, 0.2) is 18.2 Å². The summed E-state index contributed by atoms with van der Waals surface area (Å²) in [5, 5.41) is 15.3. The monoisotopic (exact) mass is 290 g/mol. The summed E-state index contributed by atoms with van der Waals surface area (Å²) in [5.41, 5.74) is 1.34. The molecule has 1 aromatic carbocycles. The summed E-state index contributed by atoms with van der Waals surface area (Å²) in [6, 6.07) is 5.43. The summed E-state index contributed by atoms with van der Waals surface area (Å²) >= 11 is 0.